The molecule has 0 aromatic carbocycles. The zero-order chi connectivity index (χ0) is 10.6. The van der Waals surface area contributed by atoms with Gasteiger partial charge in [-0.3, -0.25) is 0 Å². The van der Waals surface area contributed by atoms with E-state index < -0.39 is 0 Å². The molecule has 0 aliphatic carbocycles. The van der Waals surface area contributed by atoms with Crippen molar-refractivity contribution in [2.75, 3.05) is 6.54 Å². The van der Waals surface area contributed by atoms with Gasteiger partial charge in [0.05, 0.1) is 10.7 Å². The van der Waals surface area contributed by atoms with Crippen LogP contribution in [0.3, 0.4) is 0 Å². The van der Waals surface area contributed by atoms with Crippen LogP contribution in [0.1, 0.15) is 37.9 Å². The van der Waals surface area contributed by atoms with E-state index in [1.165, 1.54) is 10.7 Å². The maximum absolute atomic E-state index is 5.68. The number of nitrogens with zero attached hydrogens (tertiary/aromatic N) is 1. The Bertz CT molecular complexity index is 279. The van der Waals surface area contributed by atoms with Gasteiger partial charge in [0.25, 0.3) is 0 Å². The summed E-state index contributed by atoms with van der Waals surface area (Å²) < 4.78 is 0. The van der Waals surface area contributed by atoms with E-state index >= 15 is 0 Å². The van der Waals surface area contributed by atoms with Gasteiger partial charge in [-0.2, -0.15) is 0 Å². The molecule has 1 aromatic rings. The Kier molecular flexibility index (Phi) is 4.08. The molecule has 2 N–H and O–H groups in total. The maximum atomic E-state index is 5.68. The van der Waals surface area contributed by atoms with E-state index in [0.717, 1.165) is 25.8 Å². The fourth-order valence-electron chi connectivity index (χ4n) is 1.17. The Morgan fingerprint density at radius 2 is 2.21 bits per heavy atom. The lowest BCUT2D eigenvalue weighted by atomic mass is 9.88. The van der Waals surface area contributed by atoms with E-state index in [-0.39, 0.29) is 5.41 Å². The molecule has 3 heteroatoms. The van der Waals surface area contributed by atoms with Crippen LogP contribution >= 0.6 is 11.3 Å². The molecule has 14 heavy (non-hydrogen) atoms. The van der Waals surface area contributed by atoms with Crippen LogP contribution in [0.15, 0.2) is 5.38 Å². The molecule has 0 amide bonds. The third-order valence-electron chi connectivity index (χ3n) is 2.53. The first-order valence-electron chi connectivity index (χ1n) is 5.21. The van der Waals surface area contributed by atoms with Crippen molar-refractivity contribution in [1.29, 1.82) is 0 Å². The second kappa shape index (κ2) is 4.89. The summed E-state index contributed by atoms with van der Waals surface area (Å²) >= 11 is 1.77. The molecule has 0 bridgehead atoms. The summed E-state index contributed by atoms with van der Waals surface area (Å²) in [7, 11) is 0. The van der Waals surface area contributed by atoms with Gasteiger partial charge in [0.15, 0.2) is 0 Å². The molecule has 0 aliphatic rings. The van der Waals surface area contributed by atoms with Crippen LogP contribution in [0, 0.1) is 5.41 Å². The van der Waals surface area contributed by atoms with Crippen molar-refractivity contribution in [3.05, 3.63) is 16.1 Å². The first-order valence-corrected chi connectivity index (χ1v) is 6.08. The Hall–Kier alpha value is -0.410. The molecule has 0 fully saturated rings. The van der Waals surface area contributed by atoms with Gasteiger partial charge in [0.1, 0.15) is 0 Å². The molecule has 1 heterocycles. The van der Waals surface area contributed by atoms with Crippen molar-refractivity contribution >= 4 is 11.3 Å². The highest BCUT2D eigenvalue weighted by Crippen LogP contribution is 2.22. The molecule has 0 saturated carbocycles. The minimum absolute atomic E-state index is 0.248. The quantitative estimate of drug-likeness (QED) is 0.815. The molecule has 0 unspecified atom stereocenters. The predicted molar refractivity (Wildman–Crippen MR) is 62.6 cm³/mol. The summed E-state index contributed by atoms with van der Waals surface area (Å²) in [5.41, 5.74) is 7.15. The highest BCUT2D eigenvalue weighted by atomic mass is 32.1. The van der Waals surface area contributed by atoms with Crippen molar-refractivity contribution < 1.29 is 0 Å². The SMILES string of the molecule is CCc1csc(CCC(C)(C)CN)n1. The lowest BCUT2D eigenvalue weighted by molar-refractivity contribution is 0.347. The minimum Gasteiger partial charge on any atom is -0.330 e. The van der Waals surface area contributed by atoms with Crippen LogP contribution < -0.4 is 5.73 Å². The molecule has 0 radical (unpaired) electrons. The molecule has 1 aromatic heterocycles. The molecule has 2 nitrogen and oxygen atoms in total. The van der Waals surface area contributed by atoms with E-state index in [1.54, 1.807) is 11.3 Å². The largest absolute Gasteiger partial charge is 0.330 e. The van der Waals surface area contributed by atoms with Crippen LogP contribution in [-0.2, 0) is 12.8 Å². The summed E-state index contributed by atoms with van der Waals surface area (Å²) in [6.45, 7) is 7.31. The first kappa shape index (κ1) is 11.7. The first-order chi connectivity index (χ1) is 6.57. The molecular formula is C11H20N2S. The van der Waals surface area contributed by atoms with Crippen molar-refractivity contribution in [2.24, 2.45) is 11.1 Å². The van der Waals surface area contributed by atoms with E-state index in [0.29, 0.717) is 0 Å². The second-order valence-electron chi connectivity index (χ2n) is 4.45. The maximum Gasteiger partial charge on any atom is 0.0928 e. The summed E-state index contributed by atoms with van der Waals surface area (Å²) in [5.74, 6) is 0. The van der Waals surface area contributed by atoms with Gasteiger partial charge < -0.3 is 5.73 Å². The predicted octanol–water partition coefficient (Wildman–Crippen LogP) is 2.62. The highest BCUT2D eigenvalue weighted by molar-refractivity contribution is 7.09. The van der Waals surface area contributed by atoms with Crippen molar-refractivity contribution in [1.82, 2.24) is 4.98 Å². The van der Waals surface area contributed by atoms with Gasteiger partial charge in [-0.1, -0.05) is 20.8 Å². The van der Waals surface area contributed by atoms with Crippen molar-refractivity contribution in [3.8, 4) is 0 Å². The van der Waals surface area contributed by atoms with E-state index in [1.807, 2.05) is 0 Å². The number of hydrogen-bond acceptors (Lipinski definition) is 3. The Labute approximate surface area is 90.6 Å². The van der Waals surface area contributed by atoms with E-state index in [4.69, 9.17) is 5.73 Å². The minimum atomic E-state index is 0.248. The number of thiazole rings is 1. The van der Waals surface area contributed by atoms with E-state index in [2.05, 4.69) is 31.1 Å². The topological polar surface area (TPSA) is 38.9 Å². The molecule has 80 valence electrons. The average Bonchev–Trinajstić information content (AvgIpc) is 2.63. The third-order valence-corrected chi connectivity index (χ3v) is 3.49. The summed E-state index contributed by atoms with van der Waals surface area (Å²) in [6, 6.07) is 0. The van der Waals surface area contributed by atoms with Gasteiger partial charge >= 0.3 is 0 Å². The smallest absolute Gasteiger partial charge is 0.0928 e. The number of aryl methyl sites for hydroxylation is 2. The number of nitrogens with two attached hydrogens (primary N) is 1. The lowest BCUT2D eigenvalue weighted by Crippen LogP contribution is -2.23. The standard InChI is InChI=1S/C11H20N2S/c1-4-9-7-14-10(13-9)5-6-11(2,3)8-12/h7H,4-6,8,12H2,1-3H3. The zero-order valence-corrected chi connectivity index (χ0v) is 10.2. The van der Waals surface area contributed by atoms with Gasteiger partial charge in [-0.05, 0) is 31.2 Å². The van der Waals surface area contributed by atoms with Crippen LogP contribution in [0.5, 0.6) is 0 Å². The second-order valence-corrected chi connectivity index (χ2v) is 5.40. The average molecular weight is 212 g/mol. The van der Waals surface area contributed by atoms with Gasteiger partial charge in [0, 0.05) is 5.38 Å². The summed E-state index contributed by atoms with van der Waals surface area (Å²) in [4.78, 5) is 4.54. The molecule has 0 atom stereocenters. The molecule has 1 rings (SSSR count). The molecular weight excluding hydrogens is 192 g/mol. The summed E-state index contributed by atoms with van der Waals surface area (Å²) in [5, 5.41) is 3.41. The van der Waals surface area contributed by atoms with Crippen LogP contribution in [0.2, 0.25) is 0 Å². The number of rotatable bonds is 5. The van der Waals surface area contributed by atoms with E-state index in [9.17, 15) is 0 Å². The number of aromatic nitrogens is 1. The van der Waals surface area contributed by atoms with Gasteiger partial charge in [-0.25, -0.2) is 4.98 Å². The van der Waals surface area contributed by atoms with Crippen LogP contribution in [-0.4, -0.2) is 11.5 Å². The summed E-state index contributed by atoms with van der Waals surface area (Å²) in [6.07, 6.45) is 3.23. The van der Waals surface area contributed by atoms with Crippen LogP contribution in [0.4, 0.5) is 0 Å². The van der Waals surface area contributed by atoms with Crippen molar-refractivity contribution in [2.45, 2.75) is 40.0 Å². The third kappa shape index (κ3) is 3.39. The Balaban J connectivity index is 2.45. The van der Waals surface area contributed by atoms with Gasteiger partial charge in [-0.15, -0.1) is 11.3 Å². The van der Waals surface area contributed by atoms with Gasteiger partial charge in [0.2, 0.25) is 0 Å². The molecule has 0 aliphatic heterocycles. The fourth-order valence-corrected chi connectivity index (χ4v) is 2.05. The zero-order valence-electron chi connectivity index (χ0n) is 9.34. The normalized spacial score (nSPS) is 12.0. The fraction of sp³-hybridized carbons (Fsp3) is 0.727. The lowest BCUT2D eigenvalue weighted by Gasteiger charge is -2.21. The molecule has 0 saturated heterocycles. The highest BCUT2D eigenvalue weighted by Gasteiger charge is 2.15. The Morgan fingerprint density at radius 3 is 2.71 bits per heavy atom. The number of hydrogen-bond donors (Lipinski definition) is 1. The van der Waals surface area contributed by atoms with Crippen molar-refractivity contribution in [3.63, 3.8) is 0 Å². The monoisotopic (exact) mass is 212 g/mol. The van der Waals surface area contributed by atoms with Crippen LogP contribution in [0.25, 0.3) is 0 Å². The molecule has 0 spiro atoms. The Morgan fingerprint density at radius 1 is 1.50 bits per heavy atom.